The Bertz CT molecular complexity index is 174. The summed E-state index contributed by atoms with van der Waals surface area (Å²) in [5, 5.41) is 9.48. The monoisotopic (exact) mass is 425 g/mol. The summed E-state index contributed by atoms with van der Waals surface area (Å²) < 4.78 is 10.2. The first-order chi connectivity index (χ1) is 6.16. The van der Waals surface area contributed by atoms with Crippen molar-refractivity contribution < 1.29 is 50.5 Å². The molecule has 1 aliphatic heterocycles. The Morgan fingerprint density at radius 1 is 1.64 bits per heavy atom. The summed E-state index contributed by atoms with van der Waals surface area (Å²) in [6.45, 7) is 5.33. The number of ether oxygens (including phenoxy) is 2. The molecule has 0 spiro atoms. The van der Waals surface area contributed by atoms with E-state index in [2.05, 4.69) is 0 Å². The first kappa shape index (κ1) is 14.6. The van der Waals surface area contributed by atoms with E-state index < -0.39 is 12.4 Å². The number of hydrogen-bond donors (Lipinski definition) is 1. The van der Waals surface area contributed by atoms with Crippen LogP contribution in [-0.4, -0.2) is 30.4 Å². The van der Waals surface area contributed by atoms with Crippen LogP contribution >= 0.6 is 0 Å². The third-order valence-corrected chi connectivity index (χ3v) is 2.16. The molecule has 1 saturated heterocycles. The van der Waals surface area contributed by atoms with E-state index in [1.165, 1.54) is 6.61 Å². The molecule has 0 aromatic carbocycles. The van der Waals surface area contributed by atoms with Crippen LogP contribution in [0.4, 0.5) is 0 Å². The second kappa shape index (κ2) is 6.97. The largest absolute Gasteiger partial charge is 0.527 e. The van der Waals surface area contributed by atoms with Gasteiger partial charge in [-0.2, -0.15) is 6.61 Å². The maximum absolute atomic E-state index is 10.1. The number of carbonyl (C=O) groups is 1. The summed E-state index contributed by atoms with van der Waals surface area (Å²) in [6, 6.07) is 0. The summed E-state index contributed by atoms with van der Waals surface area (Å²) in [7, 11) is 0. The number of rotatable bonds is 4. The summed E-state index contributed by atoms with van der Waals surface area (Å²) in [6.07, 6.45) is -0.414. The van der Waals surface area contributed by atoms with Crippen molar-refractivity contribution in [3.8, 4) is 0 Å². The molecule has 1 N–H and O–H groups in total. The van der Waals surface area contributed by atoms with Crippen LogP contribution in [0.3, 0.4) is 0 Å². The van der Waals surface area contributed by atoms with Crippen LogP contribution in [0.2, 0.25) is 0 Å². The van der Waals surface area contributed by atoms with Crippen LogP contribution in [0.1, 0.15) is 13.8 Å². The van der Waals surface area contributed by atoms with Crippen LogP contribution in [-0.2, 0) is 14.3 Å². The fourth-order valence-corrected chi connectivity index (χ4v) is 1.49. The van der Waals surface area contributed by atoms with E-state index in [4.69, 9.17) is 9.47 Å². The zero-order valence-electron chi connectivity index (χ0n) is 8.34. The van der Waals surface area contributed by atoms with E-state index >= 15 is 0 Å². The SMILES string of the molecule is CC(C)C1[C@@H](OCC=O)O[CH-][C@H]1O.[U]. The molecule has 1 aliphatic rings. The molecule has 0 bridgehead atoms. The molecular formula is C9H15O4U-. The van der Waals surface area contributed by atoms with Crippen molar-refractivity contribution >= 4 is 6.29 Å². The van der Waals surface area contributed by atoms with Crippen LogP contribution in [0.5, 0.6) is 0 Å². The summed E-state index contributed by atoms with van der Waals surface area (Å²) in [5.41, 5.74) is 0. The van der Waals surface area contributed by atoms with Crippen molar-refractivity contribution in [2.75, 3.05) is 6.61 Å². The van der Waals surface area contributed by atoms with Crippen molar-refractivity contribution in [1.82, 2.24) is 0 Å². The quantitative estimate of drug-likeness (QED) is 0.522. The average molecular weight is 425 g/mol. The Balaban J connectivity index is 0.00000169. The van der Waals surface area contributed by atoms with Gasteiger partial charge in [0.2, 0.25) is 0 Å². The number of aldehydes is 1. The molecule has 1 unspecified atom stereocenters. The minimum atomic E-state index is -0.600. The molecule has 0 radical (unpaired) electrons. The smallest absolute Gasteiger partial charge is 0.145 e. The third-order valence-electron chi connectivity index (χ3n) is 2.16. The Morgan fingerprint density at radius 2 is 2.29 bits per heavy atom. The zero-order valence-corrected chi connectivity index (χ0v) is 12.5. The van der Waals surface area contributed by atoms with Gasteiger partial charge in [-0.1, -0.05) is 13.8 Å². The first-order valence-electron chi connectivity index (χ1n) is 4.39. The van der Waals surface area contributed by atoms with Crippen molar-refractivity contribution in [2.24, 2.45) is 11.8 Å². The van der Waals surface area contributed by atoms with E-state index in [0.717, 1.165) is 0 Å². The topological polar surface area (TPSA) is 55.8 Å². The van der Waals surface area contributed by atoms with Crippen LogP contribution < -0.4 is 0 Å². The molecule has 1 fully saturated rings. The Hall–Kier alpha value is 0.602. The summed E-state index contributed by atoms with van der Waals surface area (Å²) in [5.74, 6) is 0.172. The molecule has 0 amide bonds. The molecule has 3 atom stereocenters. The zero-order chi connectivity index (χ0) is 9.84. The van der Waals surface area contributed by atoms with Crippen molar-refractivity contribution in [3.63, 3.8) is 0 Å². The molecule has 0 aliphatic carbocycles. The molecule has 14 heavy (non-hydrogen) atoms. The molecule has 4 nitrogen and oxygen atoms in total. The third kappa shape index (κ3) is 3.64. The molecule has 5 heteroatoms. The van der Waals surface area contributed by atoms with Gasteiger partial charge in [0.05, 0.1) is 0 Å². The standard InChI is InChI=1S/C9H15O4.U/c1-6(2)8-7(11)5-13-9(8)12-4-3-10;/h3,5-9,11H,4H2,1-2H3;/q-1;/t7-,8?,9+;/m1./s1. The van der Waals surface area contributed by atoms with E-state index in [0.29, 0.717) is 6.29 Å². The fourth-order valence-electron chi connectivity index (χ4n) is 1.49. The number of aliphatic hydroxyl groups is 1. The van der Waals surface area contributed by atoms with Crippen molar-refractivity contribution in [2.45, 2.75) is 26.2 Å². The van der Waals surface area contributed by atoms with Gasteiger partial charge in [0.25, 0.3) is 0 Å². The van der Waals surface area contributed by atoms with Crippen LogP contribution in [0, 0.1) is 49.6 Å². The number of carbonyl (C=O) groups excluding carboxylic acids is 1. The normalized spacial score (nSPS) is 31.6. The second-order valence-electron chi connectivity index (χ2n) is 3.45. The predicted octanol–water partition coefficient (Wildman–Crippen LogP) is 0.353. The van der Waals surface area contributed by atoms with Gasteiger partial charge in [-0.05, 0) is 12.0 Å². The molecule has 1 heterocycles. The van der Waals surface area contributed by atoms with E-state index in [9.17, 15) is 9.90 Å². The molecular weight excluding hydrogens is 410 g/mol. The first-order valence-corrected chi connectivity index (χ1v) is 4.39. The summed E-state index contributed by atoms with van der Waals surface area (Å²) in [4.78, 5) is 10.1. The van der Waals surface area contributed by atoms with Crippen LogP contribution in [0.25, 0.3) is 0 Å². The van der Waals surface area contributed by atoms with E-state index in [1.54, 1.807) is 0 Å². The maximum Gasteiger partial charge on any atom is 0.145 e. The van der Waals surface area contributed by atoms with Gasteiger partial charge in [0.15, 0.2) is 0 Å². The van der Waals surface area contributed by atoms with Gasteiger partial charge in [-0.3, -0.25) is 0 Å². The van der Waals surface area contributed by atoms with E-state index in [1.807, 2.05) is 13.8 Å². The predicted molar refractivity (Wildman–Crippen MR) is 45.5 cm³/mol. The average Bonchev–Trinajstić information content (AvgIpc) is 2.43. The molecule has 80 valence electrons. The van der Waals surface area contributed by atoms with E-state index in [-0.39, 0.29) is 49.6 Å². The minimum Gasteiger partial charge on any atom is -0.527 e. The number of hydrogen-bond acceptors (Lipinski definition) is 4. The van der Waals surface area contributed by atoms with Gasteiger partial charge >= 0.3 is 0 Å². The Labute approximate surface area is 108 Å². The van der Waals surface area contributed by atoms with Crippen molar-refractivity contribution in [1.29, 1.82) is 0 Å². The van der Waals surface area contributed by atoms with Gasteiger partial charge in [0, 0.05) is 37.0 Å². The van der Waals surface area contributed by atoms with Crippen molar-refractivity contribution in [3.05, 3.63) is 6.61 Å². The van der Waals surface area contributed by atoms with Gasteiger partial charge < -0.3 is 19.4 Å². The molecule has 0 aromatic heterocycles. The van der Waals surface area contributed by atoms with Gasteiger partial charge in [0.1, 0.15) is 19.2 Å². The molecule has 1 rings (SSSR count). The number of aliphatic hydroxyl groups excluding tert-OH is 1. The van der Waals surface area contributed by atoms with Crippen LogP contribution in [0.15, 0.2) is 0 Å². The summed E-state index contributed by atoms with van der Waals surface area (Å²) >= 11 is 0. The molecule has 0 aromatic rings. The Morgan fingerprint density at radius 3 is 2.79 bits per heavy atom. The Kier molecular flexibility index (Phi) is 7.27. The van der Waals surface area contributed by atoms with Gasteiger partial charge in [-0.15, -0.1) is 0 Å². The minimum absolute atomic E-state index is 0. The second-order valence-corrected chi connectivity index (χ2v) is 3.45. The van der Waals surface area contributed by atoms with Gasteiger partial charge in [-0.25, -0.2) is 0 Å². The fraction of sp³-hybridized carbons (Fsp3) is 0.778. The maximum atomic E-state index is 10.1. The molecule has 0 saturated carbocycles.